The highest BCUT2D eigenvalue weighted by atomic mass is 16.3. The fourth-order valence-corrected chi connectivity index (χ4v) is 3.46. The molecule has 1 saturated heterocycles. The molecule has 27 heavy (non-hydrogen) atoms. The second kappa shape index (κ2) is 8.60. The van der Waals surface area contributed by atoms with E-state index in [1.54, 1.807) is 11.8 Å². The monoisotopic (exact) mass is 374 g/mol. The minimum atomic E-state index is -0.579. The van der Waals surface area contributed by atoms with Gasteiger partial charge in [-0.1, -0.05) is 12.1 Å². The van der Waals surface area contributed by atoms with Crippen molar-refractivity contribution in [1.29, 1.82) is 0 Å². The summed E-state index contributed by atoms with van der Waals surface area (Å²) in [5.74, 6) is -0.822. The van der Waals surface area contributed by atoms with Gasteiger partial charge in [0.05, 0.1) is 6.10 Å². The molecule has 2 heterocycles. The molecule has 2 aliphatic heterocycles. The van der Waals surface area contributed by atoms with Gasteiger partial charge in [0.2, 0.25) is 11.8 Å². The molecular formula is C19H26N4O4. The van der Waals surface area contributed by atoms with E-state index in [1.807, 2.05) is 18.2 Å². The van der Waals surface area contributed by atoms with Crippen LogP contribution in [0.25, 0.3) is 0 Å². The summed E-state index contributed by atoms with van der Waals surface area (Å²) in [6.45, 7) is 4.91. The van der Waals surface area contributed by atoms with Crippen LogP contribution in [0.4, 0.5) is 0 Å². The van der Waals surface area contributed by atoms with E-state index in [9.17, 15) is 19.5 Å². The molecule has 3 amide bonds. The SMILES string of the molecule is CC(O)CNCCNCc1ccc2c(c1)CN(C1CCC(=O)NC1=O)C2=O. The zero-order chi connectivity index (χ0) is 19.4. The van der Waals surface area contributed by atoms with E-state index in [4.69, 9.17) is 0 Å². The lowest BCUT2D eigenvalue weighted by Gasteiger charge is -2.29. The van der Waals surface area contributed by atoms with Gasteiger partial charge < -0.3 is 20.6 Å². The highest BCUT2D eigenvalue weighted by molar-refractivity contribution is 6.05. The number of piperidine rings is 1. The van der Waals surface area contributed by atoms with Gasteiger partial charge in [0, 0.05) is 44.7 Å². The van der Waals surface area contributed by atoms with Crippen LogP contribution in [0.5, 0.6) is 0 Å². The van der Waals surface area contributed by atoms with Crippen molar-refractivity contribution in [3.05, 3.63) is 34.9 Å². The molecule has 146 valence electrons. The smallest absolute Gasteiger partial charge is 0.255 e. The van der Waals surface area contributed by atoms with Crippen LogP contribution in [0.3, 0.4) is 0 Å². The van der Waals surface area contributed by atoms with Crippen LogP contribution < -0.4 is 16.0 Å². The highest BCUT2D eigenvalue weighted by Crippen LogP contribution is 2.28. The number of rotatable bonds is 8. The molecule has 0 bridgehead atoms. The number of nitrogens with zero attached hydrogens (tertiary/aromatic N) is 1. The van der Waals surface area contributed by atoms with E-state index in [1.165, 1.54) is 0 Å². The van der Waals surface area contributed by atoms with Gasteiger partial charge in [-0.05, 0) is 30.5 Å². The molecule has 1 aromatic carbocycles. The molecule has 8 nitrogen and oxygen atoms in total. The van der Waals surface area contributed by atoms with Gasteiger partial charge in [0.15, 0.2) is 0 Å². The van der Waals surface area contributed by atoms with E-state index >= 15 is 0 Å². The predicted octanol–water partition coefficient (Wildman–Crippen LogP) is -0.492. The number of carbonyl (C=O) groups is 3. The van der Waals surface area contributed by atoms with Crippen LogP contribution in [0, 0.1) is 0 Å². The molecule has 0 radical (unpaired) electrons. The molecule has 0 spiro atoms. The standard InChI is InChI=1S/C19H26N4O4/c1-12(24)9-20-6-7-21-10-13-2-3-15-14(8-13)11-23(19(15)27)16-4-5-17(25)22-18(16)26/h2-3,8,12,16,20-21,24H,4-7,9-11H2,1H3,(H,22,25,26). The second-order valence-corrected chi connectivity index (χ2v) is 7.12. The Morgan fingerprint density at radius 2 is 2.04 bits per heavy atom. The second-order valence-electron chi connectivity index (χ2n) is 7.12. The van der Waals surface area contributed by atoms with Gasteiger partial charge >= 0.3 is 0 Å². The molecule has 0 aromatic heterocycles. The number of carbonyl (C=O) groups excluding carboxylic acids is 3. The van der Waals surface area contributed by atoms with E-state index in [0.717, 1.165) is 24.2 Å². The van der Waals surface area contributed by atoms with E-state index in [2.05, 4.69) is 16.0 Å². The Labute approximate surface area is 158 Å². The van der Waals surface area contributed by atoms with Crippen molar-refractivity contribution in [3.63, 3.8) is 0 Å². The van der Waals surface area contributed by atoms with Crippen LogP contribution in [0.15, 0.2) is 18.2 Å². The summed E-state index contributed by atoms with van der Waals surface area (Å²) < 4.78 is 0. The predicted molar refractivity (Wildman–Crippen MR) is 98.7 cm³/mol. The summed E-state index contributed by atoms with van der Waals surface area (Å²) in [7, 11) is 0. The molecule has 8 heteroatoms. The van der Waals surface area contributed by atoms with Crippen molar-refractivity contribution >= 4 is 17.7 Å². The Hall–Kier alpha value is -2.29. The molecule has 1 aromatic rings. The Morgan fingerprint density at radius 3 is 2.78 bits per heavy atom. The van der Waals surface area contributed by atoms with Crippen molar-refractivity contribution in [2.24, 2.45) is 0 Å². The number of hydrogen-bond acceptors (Lipinski definition) is 6. The van der Waals surface area contributed by atoms with E-state index < -0.39 is 6.04 Å². The lowest BCUT2D eigenvalue weighted by molar-refractivity contribution is -0.136. The van der Waals surface area contributed by atoms with Crippen molar-refractivity contribution in [2.75, 3.05) is 19.6 Å². The molecule has 0 aliphatic carbocycles. The highest BCUT2D eigenvalue weighted by Gasteiger charge is 2.38. The van der Waals surface area contributed by atoms with Gasteiger partial charge in [-0.3, -0.25) is 19.7 Å². The first-order valence-corrected chi connectivity index (χ1v) is 9.31. The summed E-state index contributed by atoms with van der Waals surface area (Å²) in [5.41, 5.74) is 2.61. The molecule has 2 aliphatic rings. The quantitative estimate of drug-likeness (QED) is 0.361. The van der Waals surface area contributed by atoms with E-state index in [-0.39, 0.29) is 30.2 Å². The Morgan fingerprint density at radius 1 is 1.26 bits per heavy atom. The Bertz CT molecular complexity index is 734. The van der Waals surface area contributed by atoms with Gasteiger partial charge in [-0.25, -0.2) is 0 Å². The Kier molecular flexibility index (Phi) is 6.20. The minimum Gasteiger partial charge on any atom is -0.392 e. The number of hydrogen-bond donors (Lipinski definition) is 4. The number of fused-ring (bicyclic) bond motifs is 1. The molecule has 2 unspecified atom stereocenters. The number of aliphatic hydroxyl groups is 1. The van der Waals surface area contributed by atoms with Gasteiger partial charge in [-0.2, -0.15) is 0 Å². The van der Waals surface area contributed by atoms with Crippen molar-refractivity contribution in [3.8, 4) is 0 Å². The van der Waals surface area contributed by atoms with Crippen LogP contribution in [0.2, 0.25) is 0 Å². The topological polar surface area (TPSA) is 111 Å². The van der Waals surface area contributed by atoms with Gasteiger partial charge in [0.25, 0.3) is 5.91 Å². The number of amides is 3. The molecule has 0 saturated carbocycles. The lowest BCUT2D eigenvalue weighted by atomic mass is 10.0. The molecular weight excluding hydrogens is 348 g/mol. The maximum atomic E-state index is 12.6. The summed E-state index contributed by atoms with van der Waals surface area (Å²) in [6.07, 6.45) is 0.277. The van der Waals surface area contributed by atoms with Crippen LogP contribution in [-0.2, 0) is 22.7 Å². The lowest BCUT2D eigenvalue weighted by Crippen LogP contribution is -2.52. The first kappa shape index (κ1) is 19.5. The van der Waals surface area contributed by atoms with Crippen molar-refractivity contribution in [1.82, 2.24) is 20.9 Å². The largest absolute Gasteiger partial charge is 0.392 e. The maximum absolute atomic E-state index is 12.6. The van der Waals surface area contributed by atoms with Crippen LogP contribution in [0.1, 0.15) is 41.3 Å². The third kappa shape index (κ3) is 4.71. The fourth-order valence-electron chi connectivity index (χ4n) is 3.46. The first-order chi connectivity index (χ1) is 13.0. The molecule has 1 fully saturated rings. The van der Waals surface area contributed by atoms with Gasteiger partial charge in [0.1, 0.15) is 6.04 Å². The number of nitrogens with one attached hydrogen (secondary N) is 3. The summed E-state index contributed by atoms with van der Waals surface area (Å²) in [5, 5.41) is 18.0. The van der Waals surface area contributed by atoms with Gasteiger partial charge in [-0.15, -0.1) is 0 Å². The normalized spacial score (nSPS) is 20.6. The Balaban J connectivity index is 1.54. The van der Waals surface area contributed by atoms with E-state index in [0.29, 0.717) is 31.6 Å². The average Bonchev–Trinajstić information content (AvgIpc) is 2.94. The zero-order valence-electron chi connectivity index (χ0n) is 15.5. The number of benzene rings is 1. The van der Waals surface area contributed by atoms with Crippen molar-refractivity contribution in [2.45, 2.75) is 45.0 Å². The third-order valence-corrected chi connectivity index (χ3v) is 4.84. The fraction of sp³-hybridized carbons (Fsp3) is 0.526. The van der Waals surface area contributed by atoms with Crippen LogP contribution >= 0.6 is 0 Å². The van der Waals surface area contributed by atoms with Crippen LogP contribution in [-0.4, -0.2) is 59.5 Å². The first-order valence-electron chi connectivity index (χ1n) is 9.31. The minimum absolute atomic E-state index is 0.152. The summed E-state index contributed by atoms with van der Waals surface area (Å²) in [4.78, 5) is 37.6. The molecule has 4 N–H and O–H groups in total. The molecule has 3 rings (SSSR count). The summed E-state index contributed by atoms with van der Waals surface area (Å²) in [6, 6.07) is 5.15. The maximum Gasteiger partial charge on any atom is 0.255 e. The zero-order valence-corrected chi connectivity index (χ0v) is 15.5. The number of imide groups is 1. The number of aliphatic hydroxyl groups excluding tert-OH is 1. The van der Waals surface area contributed by atoms with Crippen molar-refractivity contribution < 1.29 is 19.5 Å². The third-order valence-electron chi connectivity index (χ3n) is 4.84. The average molecular weight is 374 g/mol. The summed E-state index contributed by atoms with van der Waals surface area (Å²) >= 11 is 0. The molecule has 2 atom stereocenters.